The fourth-order valence-corrected chi connectivity index (χ4v) is 3.22. The fourth-order valence-electron chi connectivity index (χ4n) is 2.41. The van der Waals surface area contributed by atoms with Crippen LogP contribution in [0, 0.1) is 10.1 Å². The van der Waals surface area contributed by atoms with Gasteiger partial charge in [0.1, 0.15) is 18.1 Å². The van der Waals surface area contributed by atoms with Crippen molar-refractivity contribution in [3.8, 4) is 17.1 Å². The number of benzene rings is 1. The maximum atomic E-state index is 10.8. The van der Waals surface area contributed by atoms with Crippen molar-refractivity contribution in [3.05, 3.63) is 59.4 Å². The molecule has 3 aromatic rings. The lowest BCUT2D eigenvalue weighted by molar-refractivity contribution is -0.385. The normalized spacial score (nSPS) is 10.7. The predicted molar refractivity (Wildman–Crippen MR) is 102 cm³/mol. The molecule has 0 radical (unpaired) electrons. The number of thioether (sulfide) groups is 1. The van der Waals surface area contributed by atoms with Gasteiger partial charge in [-0.15, -0.1) is 16.8 Å². The Labute approximate surface area is 159 Å². The average molecular weight is 386 g/mol. The molecule has 140 valence electrons. The third-order valence-electron chi connectivity index (χ3n) is 3.61. The van der Waals surface area contributed by atoms with E-state index in [9.17, 15) is 10.1 Å². The summed E-state index contributed by atoms with van der Waals surface area (Å²) >= 11 is 1.39. The van der Waals surface area contributed by atoms with Crippen LogP contribution in [0.3, 0.4) is 0 Å². The molecule has 0 N–H and O–H groups in total. The summed E-state index contributed by atoms with van der Waals surface area (Å²) in [6, 6.07) is 7.64. The summed E-state index contributed by atoms with van der Waals surface area (Å²) < 4.78 is 8.89. The summed E-state index contributed by atoms with van der Waals surface area (Å²) in [5, 5.41) is 24.0. The van der Waals surface area contributed by atoms with E-state index >= 15 is 0 Å². The molecule has 0 spiro atoms. The van der Waals surface area contributed by atoms with Crippen LogP contribution < -0.4 is 4.74 Å². The van der Waals surface area contributed by atoms with Crippen LogP contribution >= 0.6 is 11.8 Å². The van der Waals surface area contributed by atoms with Gasteiger partial charge in [0.25, 0.3) is 0 Å². The number of rotatable bonds is 9. The maximum Gasteiger partial charge on any atom is 0.307 e. The molecule has 0 amide bonds. The van der Waals surface area contributed by atoms with Crippen LogP contribution in [0.4, 0.5) is 5.69 Å². The average Bonchev–Trinajstić information content (AvgIpc) is 3.29. The molecule has 0 atom stereocenters. The van der Waals surface area contributed by atoms with Crippen molar-refractivity contribution in [3.63, 3.8) is 0 Å². The van der Waals surface area contributed by atoms with Gasteiger partial charge in [-0.2, -0.15) is 5.10 Å². The molecule has 0 bridgehead atoms. The predicted octanol–water partition coefficient (Wildman–Crippen LogP) is 3.38. The Bertz CT molecular complexity index is 935. The molecule has 0 aliphatic rings. The zero-order valence-electron chi connectivity index (χ0n) is 14.7. The van der Waals surface area contributed by atoms with Gasteiger partial charge in [-0.25, -0.2) is 0 Å². The first kappa shape index (κ1) is 18.6. The van der Waals surface area contributed by atoms with Crippen molar-refractivity contribution < 1.29 is 9.66 Å². The Balaban J connectivity index is 1.79. The standard InChI is InChI=1S/C17H18N6O3S/c1-3-9-22-16(13-5-7-15(8-6-13)26-4-2)19-20-17(22)27-12-21-11-14(10-18-21)23(24)25/h3,5-8,10-11H,1,4,9,12H2,2H3. The molecule has 27 heavy (non-hydrogen) atoms. The number of hydrogen-bond donors (Lipinski definition) is 0. The van der Waals surface area contributed by atoms with Crippen LogP contribution in [0.2, 0.25) is 0 Å². The molecular weight excluding hydrogens is 368 g/mol. The first-order valence-corrected chi connectivity index (χ1v) is 9.18. The lowest BCUT2D eigenvalue weighted by Crippen LogP contribution is -2.02. The minimum Gasteiger partial charge on any atom is -0.494 e. The van der Waals surface area contributed by atoms with Crippen molar-refractivity contribution in [1.29, 1.82) is 0 Å². The summed E-state index contributed by atoms with van der Waals surface area (Å²) in [5.41, 5.74) is 0.868. The number of aromatic nitrogens is 5. The van der Waals surface area contributed by atoms with Gasteiger partial charge in [0, 0.05) is 12.1 Å². The maximum absolute atomic E-state index is 10.8. The summed E-state index contributed by atoms with van der Waals surface area (Å²) in [7, 11) is 0. The van der Waals surface area contributed by atoms with E-state index in [4.69, 9.17) is 4.74 Å². The van der Waals surface area contributed by atoms with Gasteiger partial charge in [0.2, 0.25) is 0 Å². The van der Waals surface area contributed by atoms with Crippen molar-refractivity contribution >= 4 is 17.4 Å². The molecule has 3 rings (SSSR count). The van der Waals surface area contributed by atoms with Gasteiger partial charge in [-0.1, -0.05) is 17.8 Å². The molecule has 9 nitrogen and oxygen atoms in total. The van der Waals surface area contributed by atoms with Crippen LogP contribution in [0.1, 0.15) is 6.92 Å². The molecule has 1 aromatic carbocycles. The number of nitrogens with zero attached hydrogens (tertiary/aromatic N) is 6. The minimum absolute atomic E-state index is 0.0433. The van der Waals surface area contributed by atoms with E-state index in [-0.39, 0.29) is 5.69 Å². The highest BCUT2D eigenvalue weighted by Crippen LogP contribution is 2.26. The highest BCUT2D eigenvalue weighted by Gasteiger charge is 2.15. The molecular formula is C17H18N6O3S. The number of ether oxygens (including phenoxy) is 1. The van der Waals surface area contributed by atoms with Gasteiger partial charge in [0.15, 0.2) is 11.0 Å². The second kappa shape index (κ2) is 8.49. The van der Waals surface area contributed by atoms with Gasteiger partial charge < -0.3 is 4.74 Å². The van der Waals surface area contributed by atoms with Crippen LogP contribution in [0.15, 0.2) is 54.5 Å². The van der Waals surface area contributed by atoms with Gasteiger partial charge in [-0.3, -0.25) is 19.4 Å². The van der Waals surface area contributed by atoms with Crippen molar-refractivity contribution in [1.82, 2.24) is 24.5 Å². The largest absolute Gasteiger partial charge is 0.494 e. The van der Waals surface area contributed by atoms with Crippen molar-refractivity contribution in [2.75, 3.05) is 6.61 Å². The molecule has 0 saturated carbocycles. The first-order chi connectivity index (χ1) is 13.1. The highest BCUT2D eigenvalue weighted by atomic mass is 32.2. The lowest BCUT2D eigenvalue weighted by atomic mass is 10.2. The second-order valence-corrected chi connectivity index (χ2v) is 6.34. The fraction of sp³-hybridized carbons (Fsp3) is 0.235. The first-order valence-electron chi connectivity index (χ1n) is 8.19. The summed E-state index contributed by atoms with van der Waals surface area (Å²) in [6.45, 7) is 6.88. The molecule has 2 heterocycles. The molecule has 2 aromatic heterocycles. The summed E-state index contributed by atoms with van der Waals surface area (Å²) in [6.07, 6.45) is 4.37. The van der Waals surface area contributed by atoms with Crippen molar-refractivity contribution in [2.24, 2.45) is 0 Å². The Hall–Kier alpha value is -3.14. The highest BCUT2D eigenvalue weighted by molar-refractivity contribution is 7.98. The van der Waals surface area contributed by atoms with E-state index < -0.39 is 4.92 Å². The Kier molecular flexibility index (Phi) is 5.87. The summed E-state index contributed by atoms with van der Waals surface area (Å²) in [5.74, 6) is 1.89. The van der Waals surface area contributed by atoms with Crippen LogP contribution in [0.5, 0.6) is 5.75 Å². The van der Waals surface area contributed by atoms with Crippen LogP contribution in [0.25, 0.3) is 11.4 Å². The molecule has 0 saturated heterocycles. The van der Waals surface area contributed by atoms with E-state index in [1.54, 1.807) is 6.08 Å². The molecule has 0 unspecified atom stereocenters. The van der Waals surface area contributed by atoms with E-state index in [1.165, 1.54) is 28.8 Å². The third kappa shape index (κ3) is 4.34. The molecule has 10 heteroatoms. The monoisotopic (exact) mass is 386 g/mol. The lowest BCUT2D eigenvalue weighted by Gasteiger charge is -2.08. The van der Waals surface area contributed by atoms with E-state index in [1.807, 2.05) is 35.8 Å². The Morgan fingerprint density at radius 1 is 1.33 bits per heavy atom. The quantitative estimate of drug-likeness (QED) is 0.240. The Morgan fingerprint density at radius 2 is 2.11 bits per heavy atom. The van der Waals surface area contributed by atoms with Gasteiger partial charge in [-0.05, 0) is 31.2 Å². The van der Waals surface area contributed by atoms with Crippen LogP contribution in [-0.2, 0) is 12.4 Å². The van der Waals surface area contributed by atoms with Crippen LogP contribution in [-0.4, -0.2) is 36.1 Å². The molecule has 0 fully saturated rings. The van der Waals surface area contributed by atoms with Crippen molar-refractivity contribution in [2.45, 2.75) is 24.5 Å². The number of allylic oxidation sites excluding steroid dienone is 1. The molecule has 0 aliphatic heterocycles. The number of hydrogen-bond acceptors (Lipinski definition) is 7. The summed E-state index contributed by atoms with van der Waals surface area (Å²) in [4.78, 5) is 10.3. The number of nitro groups is 1. The smallest absolute Gasteiger partial charge is 0.307 e. The van der Waals surface area contributed by atoms with Gasteiger partial charge >= 0.3 is 5.69 Å². The zero-order chi connectivity index (χ0) is 19.2. The zero-order valence-corrected chi connectivity index (χ0v) is 15.5. The second-order valence-electron chi connectivity index (χ2n) is 5.43. The van der Waals surface area contributed by atoms with Gasteiger partial charge in [0.05, 0.1) is 17.4 Å². The minimum atomic E-state index is -0.474. The van der Waals surface area contributed by atoms with E-state index in [0.29, 0.717) is 30.0 Å². The topological polar surface area (TPSA) is 101 Å². The molecule has 0 aliphatic carbocycles. The Morgan fingerprint density at radius 3 is 2.74 bits per heavy atom. The van der Waals surface area contributed by atoms with E-state index in [2.05, 4.69) is 21.9 Å². The van der Waals surface area contributed by atoms with E-state index in [0.717, 1.165) is 11.3 Å². The third-order valence-corrected chi connectivity index (χ3v) is 4.56. The SMILES string of the molecule is C=CCn1c(SCn2cc([N+](=O)[O-])cn2)nnc1-c1ccc(OCC)cc1.